The van der Waals surface area contributed by atoms with Gasteiger partial charge in [0.1, 0.15) is 0 Å². The summed E-state index contributed by atoms with van der Waals surface area (Å²) in [5.41, 5.74) is 0. The minimum atomic E-state index is -0.784. The first kappa shape index (κ1) is 15.8. The largest absolute Gasteiger partial charge is 0.481 e. The van der Waals surface area contributed by atoms with E-state index in [4.69, 9.17) is 10.2 Å². The Bertz CT molecular complexity index is 140. The molecular formula is C8H14CeO4. The van der Waals surface area contributed by atoms with E-state index < -0.39 is 11.9 Å². The Hall–Kier alpha value is 0.317. The number of hydrogen-bond donors (Lipinski definition) is 2. The minimum absolute atomic E-state index is 0. The predicted molar refractivity (Wildman–Crippen MR) is 43.0 cm³/mol. The Morgan fingerprint density at radius 2 is 1.08 bits per heavy atom. The van der Waals surface area contributed by atoms with Crippen molar-refractivity contribution in [3.8, 4) is 0 Å². The van der Waals surface area contributed by atoms with Crippen molar-refractivity contribution >= 4 is 11.9 Å². The summed E-state index contributed by atoms with van der Waals surface area (Å²) in [7, 11) is 0. The molecule has 0 aromatic rings. The molecule has 2 N–H and O–H groups in total. The quantitative estimate of drug-likeness (QED) is 0.698. The van der Waals surface area contributed by atoms with Gasteiger partial charge < -0.3 is 10.2 Å². The van der Waals surface area contributed by atoms with Gasteiger partial charge >= 0.3 is 11.9 Å². The molecule has 5 heteroatoms. The van der Waals surface area contributed by atoms with Crippen molar-refractivity contribution in [1.82, 2.24) is 0 Å². The molecule has 13 heavy (non-hydrogen) atoms. The summed E-state index contributed by atoms with van der Waals surface area (Å²) in [5, 5.41) is 16.5. The molecule has 0 aromatic carbocycles. The molecule has 0 aliphatic rings. The fraction of sp³-hybridized carbons (Fsp3) is 0.750. The van der Waals surface area contributed by atoms with Crippen LogP contribution in [0.2, 0.25) is 0 Å². The van der Waals surface area contributed by atoms with Crippen LogP contribution in [0.25, 0.3) is 0 Å². The van der Waals surface area contributed by atoms with E-state index in [0.717, 1.165) is 12.8 Å². The Kier molecular flexibility index (Phi) is 12.6. The number of unbranched alkanes of at least 4 members (excludes halogenated alkanes) is 3. The fourth-order valence-electron chi connectivity index (χ4n) is 0.906. The third-order valence-electron chi connectivity index (χ3n) is 1.53. The Morgan fingerprint density at radius 3 is 1.31 bits per heavy atom. The Balaban J connectivity index is 0. The third kappa shape index (κ3) is 15.1. The maximum Gasteiger partial charge on any atom is 0.303 e. The number of carboxylic acids is 2. The van der Waals surface area contributed by atoms with Crippen LogP contribution in [0.4, 0.5) is 0 Å². The molecule has 0 radical (unpaired) electrons. The van der Waals surface area contributed by atoms with Crippen LogP contribution >= 0.6 is 0 Å². The molecule has 0 aliphatic carbocycles. The maximum atomic E-state index is 10.0. The molecule has 0 fully saturated rings. The van der Waals surface area contributed by atoms with Crippen LogP contribution in [-0.4, -0.2) is 22.2 Å². The zero-order valence-corrected chi connectivity index (χ0v) is 10.6. The summed E-state index contributed by atoms with van der Waals surface area (Å²) >= 11 is 0. The van der Waals surface area contributed by atoms with Crippen LogP contribution in [-0.2, 0) is 9.59 Å². The standard InChI is InChI=1S/C8H14O4.Ce/c9-7(10)5-3-1-2-4-6-8(11)12;/h1-6H2,(H,9,10)(H,11,12);. The van der Waals surface area contributed by atoms with E-state index in [1.54, 1.807) is 0 Å². The van der Waals surface area contributed by atoms with Gasteiger partial charge in [-0.25, -0.2) is 0 Å². The van der Waals surface area contributed by atoms with Crippen LogP contribution < -0.4 is 0 Å². The van der Waals surface area contributed by atoms with Gasteiger partial charge in [0.2, 0.25) is 0 Å². The topological polar surface area (TPSA) is 74.6 Å². The van der Waals surface area contributed by atoms with Gasteiger partial charge in [-0.15, -0.1) is 0 Å². The third-order valence-corrected chi connectivity index (χ3v) is 1.53. The van der Waals surface area contributed by atoms with E-state index in [1.807, 2.05) is 0 Å². The summed E-state index contributed by atoms with van der Waals surface area (Å²) in [5.74, 6) is -1.57. The van der Waals surface area contributed by atoms with Gasteiger partial charge in [0.25, 0.3) is 0 Å². The zero-order valence-electron chi connectivity index (χ0n) is 7.45. The van der Waals surface area contributed by atoms with Crippen LogP contribution in [0, 0.1) is 41.7 Å². The van der Waals surface area contributed by atoms with Crippen LogP contribution in [0.15, 0.2) is 0 Å². The van der Waals surface area contributed by atoms with Gasteiger partial charge in [0.05, 0.1) is 0 Å². The van der Waals surface area contributed by atoms with E-state index in [9.17, 15) is 9.59 Å². The normalized spacial score (nSPS) is 8.92. The molecule has 0 heterocycles. The first-order valence-electron chi connectivity index (χ1n) is 4.06. The van der Waals surface area contributed by atoms with Crippen molar-refractivity contribution < 1.29 is 61.5 Å². The van der Waals surface area contributed by atoms with Gasteiger partial charge in [-0.1, -0.05) is 12.8 Å². The Labute approximate surface area is 111 Å². The van der Waals surface area contributed by atoms with Gasteiger partial charge in [-0.05, 0) is 12.8 Å². The van der Waals surface area contributed by atoms with Crippen LogP contribution in [0.1, 0.15) is 38.5 Å². The van der Waals surface area contributed by atoms with Gasteiger partial charge in [-0.2, -0.15) is 0 Å². The molecule has 0 rings (SSSR count). The van der Waals surface area contributed by atoms with Crippen molar-refractivity contribution in [2.24, 2.45) is 0 Å². The second-order valence-electron chi connectivity index (χ2n) is 2.70. The Morgan fingerprint density at radius 1 is 0.769 bits per heavy atom. The van der Waals surface area contributed by atoms with Gasteiger partial charge in [0, 0.05) is 54.6 Å². The van der Waals surface area contributed by atoms with Crippen molar-refractivity contribution in [1.29, 1.82) is 0 Å². The smallest absolute Gasteiger partial charge is 0.303 e. The SMILES string of the molecule is O=C(O)CCCCCCC(=O)O.[Ce]. The van der Waals surface area contributed by atoms with E-state index in [1.165, 1.54) is 0 Å². The number of aliphatic carboxylic acids is 2. The number of hydrogen-bond acceptors (Lipinski definition) is 2. The molecular weight excluding hydrogens is 300 g/mol. The summed E-state index contributed by atoms with van der Waals surface area (Å²) in [6.45, 7) is 0. The average Bonchev–Trinajstić information content (AvgIpc) is 1.95. The zero-order chi connectivity index (χ0) is 9.40. The summed E-state index contributed by atoms with van der Waals surface area (Å²) < 4.78 is 0. The molecule has 4 nitrogen and oxygen atoms in total. The van der Waals surface area contributed by atoms with Crippen molar-refractivity contribution in [3.63, 3.8) is 0 Å². The van der Waals surface area contributed by atoms with Gasteiger partial charge in [-0.3, -0.25) is 9.59 Å². The molecule has 0 saturated carbocycles. The minimum Gasteiger partial charge on any atom is -0.481 e. The average molecular weight is 314 g/mol. The summed E-state index contributed by atoms with van der Waals surface area (Å²) in [6, 6.07) is 0. The first-order valence-corrected chi connectivity index (χ1v) is 4.06. The molecule has 0 saturated heterocycles. The molecule has 0 bridgehead atoms. The van der Waals surface area contributed by atoms with Crippen molar-refractivity contribution in [2.45, 2.75) is 38.5 Å². The van der Waals surface area contributed by atoms with Crippen molar-refractivity contribution in [2.75, 3.05) is 0 Å². The van der Waals surface area contributed by atoms with E-state index >= 15 is 0 Å². The molecule has 0 amide bonds. The van der Waals surface area contributed by atoms with Crippen molar-refractivity contribution in [3.05, 3.63) is 0 Å². The molecule has 74 valence electrons. The monoisotopic (exact) mass is 314 g/mol. The fourth-order valence-corrected chi connectivity index (χ4v) is 0.906. The summed E-state index contributed by atoms with van der Waals surface area (Å²) in [4.78, 5) is 20.1. The molecule has 0 spiro atoms. The molecule has 0 aromatic heterocycles. The molecule has 0 aliphatic heterocycles. The molecule has 0 unspecified atom stereocenters. The van der Waals surface area contributed by atoms with Crippen LogP contribution in [0.3, 0.4) is 0 Å². The number of carbonyl (C=O) groups is 2. The van der Waals surface area contributed by atoms with E-state index in [-0.39, 0.29) is 54.6 Å². The number of carboxylic acid groups (broad SMARTS) is 2. The van der Waals surface area contributed by atoms with Crippen LogP contribution in [0.5, 0.6) is 0 Å². The predicted octanol–water partition coefficient (Wildman–Crippen LogP) is 1.50. The van der Waals surface area contributed by atoms with E-state index in [0.29, 0.717) is 12.8 Å². The van der Waals surface area contributed by atoms with E-state index in [2.05, 4.69) is 0 Å². The number of rotatable bonds is 7. The second-order valence-corrected chi connectivity index (χ2v) is 2.70. The van der Waals surface area contributed by atoms with Gasteiger partial charge in [0.15, 0.2) is 0 Å². The molecule has 0 atom stereocenters. The first-order chi connectivity index (χ1) is 5.63. The summed E-state index contributed by atoms with van der Waals surface area (Å²) in [6.07, 6.45) is 3.28. The second kappa shape index (κ2) is 10.4. The maximum absolute atomic E-state index is 10.0.